The molecule has 0 fully saturated rings. The maximum absolute atomic E-state index is 5.29. The Balaban J connectivity index is 2.31. The molecule has 2 rings (SSSR count). The van der Waals surface area contributed by atoms with Gasteiger partial charge in [-0.3, -0.25) is 4.57 Å². The Bertz CT molecular complexity index is 550. The molecule has 2 aromatic rings. The topological polar surface area (TPSA) is 52.0 Å². The molecule has 20 heavy (non-hydrogen) atoms. The number of anilines is 1. The van der Waals surface area contributed by atoms with E-state index in [1.807, 2.05) is 29.8 Å². The number of rotatable bonds is 6. The van der Waals surface area contributed by atoms with Crippen LogP contribution in [-0.2, 0) is 4.74 Å². The third-order valence-corrected chi connectivity index (χ3v) is 3.33. The van der Waals surface area contributed by atoms with Gasteiger partial charge in [0.25, 0.3) is 0 Å². The third-order valence-electron chi connectivity index (χ3n) is 3.33. The van der Waals surface area contributed by atoms with Crippen molar-refractivity contribution in [3.63, 3.8) is 0 Å². The molecule has 2 heterocycles. The van der Waals surface area contributed by atoms with Crippen molar-refractivity contribution in [3.05, 3.63) is 36.5 Å². The van der Waals surface area contributed by atoms with E-state index < -0.39 is 0 Å². The van der Waals surface area contributed by atoms with Crippen LogP contribution in [0, 0.1) is 12.8 Å². The zero-order valence-electron chi connectivity index (χ0n) is 12.5. The molecule has 5 nitrogen and oxygen atoms in total. The SMILES string of the molecule is COCC(Nc1cccnc1-n1ccnc1C)C(C)C. The molecular weight excluding hydrogens is 252 g/mol. The minimum atomic E-state index is 0.242. The zero-order chi connectivity index (χ0) is 14.5. The monoisotopic (exact) mass is 274 g/mol. The van der Waals surface area contributed by atoms with Crippen LogP contribution in [0.1, 0.15) is 19.7 Å². The van der Waals surface area contributed by atoms with Crippen LogP contribution in [-0.4, -0.2) is 34.3 Å². The smallest absolute Gasteiger partial charge is 0.161 e. The minimum Gasteiger partial charge on any atom is -0.383 e. The summed E-state index contributed by atoms with van der Waals surface area (Å²) in [6.07, 6.45) is 5.49. The van der Waals surface area contributed by atoms with Gasteiger partial charge in [-0.15, -0.1) is 0 Å². The molecule has 1 N–H and O–H groups in total. The van der Waals surface area contributed by atoms with E-state index in [9.17, 15) is 0 Å². The average molecular weight is 274 g/mol. The number of hydrogen-bond donors (Lipinski definition) is 1. The van der Waals surface area contributed by atoms with Crippen LogP contribution in [0.3, 0.4) is 0 Å². The molecule has 0 spiro atoms. The number of hydrogen-bond acceptors (Lipinski definition) is 4. The Morgan fingerprint density at radius 1 is 1.30 bits per heavy atom. The predicted molar refractivity (Wildman–Crippen MR) is 80.2 cm³/mol. The van der Waals surface area contributed by atoms with Crippen molar-refractivity contribution in [2.45, 2.75) is 26.8 Å². The first kappa shape index (κ1) is 14.5. The summed E-state index contributed by atoms with van der Waals surface area (Å²) in [6, 6.07) is 4.21. The molecule has 0 aliphatic carbocycles. The van der Waals surface area contributed by atoms with E-state index in [0.717, 1.165) is 17.3 Å². The summed E-state index contributed by atoms with van der Waals surface area (Å²) in [7, 11) is 1.72. The minimum absolute atomic E-state index is 0.242. The number of ether oxygens (including phenoxy) is 1. The Kier molecular flexibility index (Phi) is 4.74. The summed E-state index contributed by atoms with van der Waals surface area (Å²) in [5.74, 6) is 2.25. The van der Waals surface area contributed by atoms with Crippen LogP contribution in [0.25, 0.3) is 5.82 Å². The van der Waals surface area contributed by atoms with Crippen LogP contribution >= 0.6 is 0 Å². The molecule has 0 saturated carbocycles. The molecule has 0 aliphatic rings. The Hall–Kier alpha value is -1.88. The lowest BCUT2D eigenvalue weighted by Crippen LogP contribution is -2.31. The summed E-state index contributed by atoms with van der Waals surface area (Å²) < 4.78 is 7.27. The molecule has 1 atom stereocenters. The van der Waals surface area contributed by atoms with Gasteiger partial charge in [-0.1, -0.05) is 13.8 Å². The van der Waals surface area contributed by atoms with Gasteiger partial charge in [0.15, 0.2) is 5.82 Å². The molecule has 2 aromatic heterocycles. The fourth-order valence-corrected chi connectivity index (χ4v) is 2.08. The van der Waals surface area contributed by atoms with Gasteiger partial charge in [-0.05, 0) is 25.0 Å². The first-order chi connectivity index (χ1) is 9.63. The fraction of sp³-hybridized carbons (Fsp3) is 0.467. The van der Waals surface area contributed by atoms with Gasteiger partial charge >= 0.3 is 0 Å². The van der Waals surface area contributed by atoms with Crippen LogP contribution in [0.15, 0.2) is 30.7 Å². The summed E-state index contributed by atoms with van der Waals surface area (Å²) in [4.78, 5) is 8.73. The number of aromatic nitrogens is 3. The highest BCUT2D eigenvalue weighted by Gasteiger charge is 2.16. The summed E-state index contributed by atoms with van der Waals surface area (Å²) >= 11 is 0. The van der Waals surface area contributed by atoms with E-state index in [1.165, 1.54) is 0 Å². The van der Waals surface area contributed by atoms with Gasteiger partial charge in [0, 0.05) is 25.7 Å². The van der Waals surface area contributed by atoms with Gasteiger partial charge in [0.05, 0.1) is 18.3 Å². The molecule has 0 saturated heterocycles. The quantitative estimate of drug-likeness (QED) is 0.880. The van der Waals surface area contributed by atoms with Crippen molar-refractivity contribution in [2.24, 2.45) is 5.92 Å². The average Bonchev–Trinajstić information content (AvgIpc) is 2.85. The van der Waals surface area contributed by atoms with Gasteiger partial charge < -0.3 is 10.1 Å². The lowest BCUT2D eigenvalue weighted by atomic mass is 10.1. The highest BCUT2D eigenvalue weighted by Crippen LogP contribution is 2.21. The van der Waals surface area contributed by atoms with E-state index in [0.29, 0.717) is 12.5 Å². The summed E-state index contributed by atoms with van der Waals surface area (Å²) in [5, 5.41) is 3.53. The molecule has 1 unspecified atom stereocenters. The van der Waals surface area contributed by atoms with Crippen molar-refractivity contribution in [1.29, 1.82) is 0 Å². The predicted octanol–water partition coefficient (Wildman–Crippen LogP) is 2.66. The third kappa shape index (κ3) is 3.17. The molecular formula is C15H22N4O. The second kappa shape index (κ2) is 6.52. The van der Waals surface area contributed by atoms with E-state index in [1.54, 1.807) is 19.5 Å². The normalized spacial score (nSPS) is 12.7. The molecule has 0 amide bonds. The molecule has 0 radical (unpaired) electrons. The molecule has 0 aliphatic heterocycles. The molecule has 5 heteroatoms. The zero-order valence-corrected chi connectivity index (χ0v) is 12.5. The number of methoxy groups -OCH3 is 1. The van der Waals surface area contributed by atoms with Gasteiger partial charge in [0.2, 0.25) is 0 Å². The van der Waals surface area contributed by atoms with Crippen LogP contribution in [0.4, 0.5) is 5.69 Å². The number of imidazole rings is 1. The lowest BCUT2D eigenvalue weighted by molar-refractivity contribution is 0.171. The van der Waals surface area contributed by atoms with E-state index in [4.69, 9.17) is 4.74 Å². The van der Waals surface area contributed by atoms with Crippen molar-refractivity contribution in [3.8, 4) is 5.82 Å². The van der Waals surface area contributed by atoms with E-state index in [2.05, 4.69) is 29.1 Å². The Morgan fingerprint density at radius 3 is 2.70 bits per heavy atom. The number of pyridine rings is 1. The van der Waals surface area contributed by atoms with Crippen LogP contribution in [0.2, 0.25) is 0 Å². The second-order valence-corrected chi connectivity index (χ2v) is 5.17. The second-order valence-electron chi connectivity index (χ2n) is 5.17. The van der Waals surface area contributed by atoms with Crippen molar-refractivity contribution in [1.82, 2.24) is 14.5 Å². The van der Waals surface area contributed by atoms with Crippen LogP contribution in [0.5, 0.6) is 0 Å². The Labute approximate surface area is 120 Å². The maximum atomic E-state index is 5.29. The summed E-state index contributed by atoms with van der Waals surface area (Å²) in [6.45, 7) is 6.98. The molecule has 0 bridgehead atoms. The maximum Gasteiger partial charge on any atom is 0.161 e. The fourth-order valence-electron chi connectivity index (χ4n) is 2.08. The Morgan fingerprint density at radius 2 is 2.10 bits per heavy atom. The van der Waals surface area contributed by atoms with Gasteiger partial charge in [-0.25, -0.2) is 9.97 Å². The van der Waals surface area contributed by atoms with Gasteiger partial charge in [0.1, 0.15) is 5.82 Å². The number of nitrogens with one attached hydrogen (secondary N) is 1. The first-order valence-corrected chi connectivity index (χ1v) is 6.84. The summed E-state index contributed by atoms with van der Waals surface area (Å²) in [5.41, 5.74) is 0.990. The molecule has 108 valence electrons. The van der Waals surface area contributed by atoms with Crippen molar-refractivity contribution in [2.75, 3.05) is 19.0 Å². The van der Waals surface area contributed by atoms with E-state index >= 15 is 0 Å². The van der Waals surface area contributed by atoms with Crippen molar-refractivity contribution < 1.29 is 4.74 Å². The number of aryl methyl sites for hydroxylation is 1. The number of nitrogens with zero attached hydrogens (tertiary/aromatic N) is 3. The van der Waals surface area contributed by atoms with Crippen LogP contribution < -0.4 is 5.32 Å². The lowest BCUT2D eigenvalue weighted by Gasteiger charge is -2.24. The highest BCUT2D eigenvalue weighted by molar-refractivity contribution is 5.57. The van der Waals surface area contributed by atoms with Gasteiger partial charge in [-0.2, -0.15) is 0 Å². The standard InChI is InChI=1S/C15H22N4O/c1-11(2)14(10-20-4)18-13-6-5-7-17-15(13)19-9-8-16-12(19)3/h5-9,11,14,18H,10H2,1-4H3. The molecule has 0 aromatic carbocycles. The highest BCUT2D eigenvalue weighted by atomic mass is 16.5. The largest absolute Gasteiger partial charge is 0.383 e. The van der Waals surface area contributed by atoms with E-state index in [-0.39, 0.29) is 6.04 Å². The first-order valence-electron chi connectivity index (χ1n) is 6.84. The van der Waals surface area contributed by atoms with Crippen molar-refractivity contribution >= 4 is 5.69 Å².